The lowest BCUT2D eigenvalue weighted by Gasteiger charge is -2.16. The van der Waals surface area contributed by atoms with Gasteiger partial charge in [-0.25, -0.2) is 0 Å². The average Bonchev–Trinajstić information content (AvgIpc) is 2.42. The fourth-order valence-electron chi connectivity index (χ4n) is 2.04. The molecule has 0 aromatic heterocycles. The highest BCUT2D eigenvalue weighted by molar-refractivity contribution is 5.34. The summed E-state index contributed by atoms with van der Waals surface area (Å²) < 4.78 is 0. The Bertz CT molecular complexity index is 448. The van der Waals surface area contributed by atoms with Crippen molar-refractivity contribution in [3.8, 4) is 0 Å². The van der Waals surface area contributed by atoms with Crippen LogP contribution in [-0.4, -0.2) is 6.54 Å². The Kier molecular flexibility index (Phi) is 3.91. The summed E-state index contributed by atoms with van der Waals surface area (Å²) in [7, 11) is 0. The molecule has 0 saturated carbocycles. The molecule has 2 aromatic carbocycles. The lowest BCUT2D eigenvalue weighted by molar-refractivity contribution is 0.818. The molecule has 2 aromatic rings. The molecule has 88 valence electrons. The molecule has 2 nitrogen and oxygen atoms in total. The molecule has 0 saturated heterocycles. The quantitative estimate of drug-likeness (QED) is 0.840. The molecule has 0 amide bonds. The van der Waals surface area contributed by atoms with Crippen molar-refractivity contribution >= 4 is 0 Å². The van der Waals surface area contributed by atoms with Crippen molar-refractivity contribution in [2.75, 3.05) is 6.54 Å². The predicted molar refractivity (Wildman–Crippen MR) is 71.7 cm³/mol. The third-order valence-corrected chi connectivity index (χ3v) is 3.06. The van der Waals surface area contributed by atoms with Crippen LogP contribution in [0, 0.1) is 0 Å². The molecular weight excluding hydrogens is 208 g/mol. The van der Waals surface area contributed by atoms with Crippen LogP contribution < -0.4 is 11.5 Å². The van der Waals surface area contributed by atoms with Crippen molar-refractivity contribution in [2.24, 2.45) is 11.5 Å². The van der Waals surface area contributed by atoms with Crippen LogP contribution in [0.4, 0.5) is 0 Å². The second-order valence-corrected chi connectivity index (χ2v) is 4.14. The molecule has 0 aliphatic heterocycles. The van der Waals surface area contributed by atoms with Gasteiger partial charge in [-0.15, -0.1) is 0 Å². The second kappa shape index (κ2) is 5.62. The summed E-state index contributed by atoms with van der Waals surface area (Å²) in [6.07, 6.45) is 0. The van der Waals surface area contributed by atoms with E-state index in [1.807, 2.05) is 18.2 Å². The number of rotatable bonds is 4. The standard InChI is InChI=1S/C15H18N2/c16-10-12-6-8-14(9-7-12)15(11-17)13-4-2-1-3-5-13/h1-9,15H,10-11,16-17H2. The molecule has 0 radical (unpaired) electrons. The van der Waals surface area contributed by atoms with E-state index in [2.05, 4.69) is 36.4 Å². The van der Waals surface area contributed by atoms with Gasteiger partial charge in [0.2, 0.25) is 0 Å². The van der Waals surface area contributed by atoms with Crippen molar-refractivity contribution in [1.82, 2.24) is 0 Å². The predicted octanol–water partition coefficient (Wildman–Crippen LogP) is 2.24. The van der Waals surface area contributed by atoms with Crippen LogP contribution in [0.5, 0.6) is 0 Å². The lowest BCUT2D eigenvalue weighted by Crippen LogP contribution is -2.13. The molecule has 4 N–H and O–H groups in total. The van der Waals surface area contributed by atoms with Gasteiger partial charge in [0, 0.05) is 19.0 Å². The molecule has 2 heteroatoms. The Hall–Kier alpha value is -1.64. The summed E-state index contributed by atoms with van der Waals surface area (Å²) in [6.45, 7) is 1.20. The summed E-state index contributed by atoms with van der Waals surface area (Å²) in [5, 5.41) is 0. The maximum Gasteiger partial charge on any atom is 0.0212 e. The zero-order chi connectivity index (χ0) is 12.1. The highest BCUT2D eigenvalue weighted by Gasteiger charge is 2.11. The normalized spacial score (nSPS) is 12.4. The van der Waals surface area contributed by atoms with E-state index < -0.39 is 0 Å². The van der Waals surface area contributed by atoms with E-state index >= 15 is 0 Å². The summed E-state index contributed by atoms with van der Waals surface area (Å²) >= 11 is 0. The average molecular weight is 226 g/mol. The first-order valence-corrected chi connectivity index (χ1v) is 5.89. The van der Waals surface area contributed by atoms with Crippen LogP contribution in [0.25, 0.3) is 0 Å². The first-order valence-electron chi connectivity index (χ1n) is 5.89. The van der Waals surface area contributed by atoms with Gasteiger partial charge < -0.3 is 11.5 Å². The van der Waals surface area contributed by atoms with Gasteiger partial charge in [0.05, 0.1) is 0 Å². The summed E-state index contributed by atoms with van der Waals surface area (Å²) in [4.78, 5) is 0. The topological polar surface area (TPSA) is 52.0 Å². The number of hydrogen-bond donors (Lipinski definition) is 2. The largest absolute Gasteiger partial charge is 0.330 e. The molecule has 0 aliphatic carbocycles. The fourth-order valence-corrected chi connectivity index (χ4v) is 2.04. The van der Waals surface area contributed by atoms with Gasteiger partial charge in [-0.2, -0.15) is 0 Å². The molecule has 0 aliphatic rings. The molecule has 17 heavy (non-hydrogen) atoms. The summed E-state index contributed by atoms with van der Waals surface area (Å²) in [6, 6.07) is 18.7. The highest BCUT2D eigenvalue weighted by atomic mass is 14.5. The van der Waals surface area contributed by atoms with Crippen molar-refractivity contribution in [3.05, 3.63) is 71.3 Å². The number of nitrogens with two attached hydrogens (primary N) is 2. The van der Waals surface area contributed by atoms with Crippen molar-refractivity contribution in [2.45, 2.75) is 12.5 Å². The highest BCUT2D eigenvalue weighted by Crippen LogP contribution is 2.23. The first-order chi connectivity index (χ1) is 8.35. The van der Waals surface area contributed by atoms with Gasteiger partial charge in [0.1, 0.15) is 0 Å². The zero-order valence-corrected chi connectivity index (χ0v) is 9.84. The number of benzene rings is 2. The molecule has 0 bridgehead atoms. The first kappa shape index (κ1) is 11.8. The second-order valence-electron chi connectivity index (χ2n) is 4.14. The van der Waals surface area contributed by atoms with Crippen LogP contribution in [0.3, 0.4) is 0 Å². The van der Waals surface area contributed by atoms with Gasteiger partial charge in [-0.05, 0) is 16.7 Å². The van der Waals surface area contributed by atoms with E-state index in [0.717, 1.165) is 5.56 Å². The van der Waals surface area contributed by atoms with Crippen molar-refractivity contribution < 1.29 is 0 Å². The van der Waals surface area contributed by atoms with Gasteiger partial charge >= 0.3 is 0 Å². The van der Waals surface area contributed by atoms with E-state index in [1.54, 1.807) is 0 Å². The Balaban J connectivity index is 2.29. The maximum absolute atomic E-state index is 5.88. The third-order valence-electron chi connectivity index (χ3n) is 3.06. The van der Waals surface area contributed by atoms with Crippen LogP contribution >= 0.6 is 0 Å². The van der Waals surface area contributed by atoms with Gasteiger partial charge in [0.15, 0.2) is 0 Å². The molecule has 0 fully saturated rings. The van der Waals surface area contributed by atoms with E-state index in [1.165, 1.54) is 11.1 Å². The molecule has 2 rings (SSSR count). The molecule has 1 unspecified atom stereocenters. The molecule has 0 spiro atoms. The van der Waals surface area contributed by atoms with Gasteiger partial charge in [0.25, 0.3) is 0 Å². The lowest BCUT2D eigenvalue weighted by atomic mass is 9.91. The Morgan fingerprint density at radius 2 is 1.35 bits per heavy atom. The minimum Gasteiger partial charge on any atom is -0.330 e. The SMILES string of the molecule is NCc1ccc(C(CN)c2ccccc2)cc1. The van der Waals surface area contributed by atoms with E-state index in [0.29, 0.717) is 13.1 Å². The van der Waals surface area contributed by atoms with E-state index in [-0.39, 0.29) is 5.92 Å². The third kappa shape index (κ3) is 2.73. The Morgan fingerprint density at radius 1 is 0.765 bits per heavy atom. The smallest absolute Gasteiger partial charge is 0.0212 e. The minimum absolute atomic E-state index is 0.267. The van der Waals surface area contributed by atoms with Crippen molar-refractivity contribution in [3.63, 3.8) is 0 Å². The Labute approximate surface area is 102 Å². The van der Waals surface area contributed by atoms with E-state index in [4.69, 9.17) is 11.5 Å². The molecule has 1 atom stereocenters. The monoisotopic (exact) mass is 226 g/mol. The molecular formula is C15H18N2. The van der Waals surface area contributed by atoms with Crippen LogP contribution in [0.2, 0.25) is 0 Å². The summed E-state index contributed by atoms with van der Waals surface area (Å²) in [5.74, 6) is 0.267. The zero-order valence-electron chi connectivity index (χ0n) is 9.84. The van der Waals surface area contributed by atoms with Crippen LogP contribution in [0.1, 0.15) is 22.6 Å². The van der Waals surface area contributed by atoms with Crippen LogP contribution in [-0.2, 0) is 6.54 Å². The number of hydrogen-bond acceptors (Lipinski definition) is 2. The fraction of sp³-hybridized carbons (Fsp3) is 0.200. The van der Waals surface area contributed by atoms with Gasteiger partial charge in [-0.3, -0.25) is 0 Å². The van der Waals surface area contributed by atoms with Crippen LogP contribution in [0.15, 0.2) is 54.6 Å². The van der Waals surface area contributed by atoms with Gasteiger partial charge in [-0.1, -0.05) is 54.6 Å². The molecule has 0 heterocycles. The Morgan fingerprint density at radius 3 is 1.88 bits per heavy atom. The minimum atomic E-state index is 0.267. The van der Waals surface area contributed by atoms with E-state index in [9.17, 15) is 0 Å². The maximum atomic E-state index is 5.88. The van der Waals surface area contributed by atoms with Crippen molar-refractivity contribution in [1.29, 1.82) is 0 Å². The summed E-state index contributed by atoms with van der Waals surface area (Å²) in [5.41, 5.74) is 15.1.